The third-order valence-corrected chi connectivity index (χ3v) is 1.33. The minimum atomic E-state index is -0.853. The van der Waals surface area contributed by atoms with Crippen LogP contribution in [0.15, 0.2) is 12.3 Å². The lowest BCUT2D eigenvalue weighted by atomic mass is 10.3. The molecule has 66 valence electrons. The van der Waals surface area contributed by atoms with Gasteiger partial charge in [0.1, 0.15) is 5.82 Å². The van der Waals surface area contributed by atoms with Gasteiger partial charge in [0.2, 0.25) is 5.69 Å². The molecule has 0 fully saturated rings. The van der Waals surface area contributed by atoms with Gasteiger partial charge >= 0.3 is 5.97 Å². The molecule has 0 N–H and O–H groups in total. The van der Waals surface area contributed by atoms with Gasteiger partial charge < -0.3 is 4.74 Å². The Hall–Kier alpha value is -1.96. The number of hydrogen-bond donors (Lipinski definition) is 0. The maximum absolute atomic E-state index is 13.0. The number of nitrogens with zero attached hydrogens (tertiary/aromatic N) is 2. The zero-order chi connectivity index (χ0) is 9.84. The Labute approximate surface area is 73.8 Å². The maximum atomic E-state index is 13.0. The molecule has 0 aliphatic carbocycles. The van der Waals surface area contributed by atoms with Gasteiger partial charge in [-0.3, -0.25) is 4.98 Å². The van der Waals surface area contributed by atoms with E-state index in [1.165, 1.54) is 0 Å². The first-order chi connectivity index (χ1) is 6.19. The molecule has 1 rings (SSSR count). The van der Waals surface area contributed by atoms with Crippen LogP contribution in [0.2, 0.25) is 0 Å². The summed E-state index contributed by atoms with van der Waals surface area (Å²) in [5.41, 5.74) is -0.361. The second kappa shape index (κ2) is 3.63. The number of esters is 1. The van der Waals surface area contributed by atoms with E-state index in [1.54, 1.807) is 0 Å². The van der Waals surface area contributed by atoms with E-state index in [4.69, 9.17) is 6.57 Å². The molecule has 1 aromatic rings. The van der Waals surface area contributed by atoms with E-state index in [0.29, 0.717) is 0 Å². The van der Waals surface area contributed by atoms with E-state index >= 15 is 0 Å². The lowest BCUT2D eigenvalue weighted by Gasteiger charge is -1.99. The summed E-state index contributed by atoms with van der Waals surface area (Å²) in [7, 11) is 1.13. The first-order valence-electron chi connectivity index (χ1n) is 3.30. The molecule has 0 unspecified atom stereocenters. The van der Waals surface area contributed by atoms with E-state index in [1.807, 2.05) is 0 Å². The van der Waals surface area contributed by atoms with Crippen molar-refractivity contribution in [3.8, 4) is 0 Å². The topological polar surface area (TPSA) is 43.5 Å². The number of halogens is 1. The number of rotatable bonds is 1. The molecule has 0 bridgehead atoms. The van der Waals surface area contributed by atoms with Crippen LogP contribution in [0.4, 0.5) is 10.1 Å². The Morgan fingerprint density at radius 1 is 1.77 bits per heavy atom. The highest BCUT2D eigenvalue weighted by molar-refractivity contribution is 5.87. The van der Waals surface area contributed by atoms with Gasteiger partial charge in [0.15, 0.2) is 5.69 Å². The van der Waals surface area contributed by atoms with Gasteiger partial charge in [0.05, 0.1) is 13.7 Å². The van der Waals surface area contributed by atoms with E-state index in [9.17, 15) is 9.18 Å². The third kappa shape index (κ3) is 1.79. The molecule has 4 nitrogen and oxygen atoms in total. The van der Waals surface area contributed by atoms with Crippen LogP contribution in [0.5, 0.6) is 0 Å². The van der Waals surface area contributed by atoms with Crippen molar-refractivity contribution < 1.29 is 13.9 Å². The SMILES string of the molecule is [C-]#[N+]c1cnc(C(=O)OC)c(F)c1. The van der Waals surface area contributed by atoms with E-state index in [0.717, 1.165) is 19.4 Å². The molecule has 13 heavy (non-hydrogen) atoms. The van der Waals surface area contributed by atoms with Crippen LogP contribution in [-0.2, 0) is 4.74 Å². The lowest BCUT2D eigenvalue weighted by molar-refractivity contribution is 0.0588. The Balaban J connectivity index is 3.14. The number of ether oxygens (including phenoxy) is 1. The summed E-state index contributed by atoms with van der Waals surface area (Å²) in [6, 6.07) is 0.937. The highest BCUT2D eigenvalue weighted by atomic mass is 19.1. The van der Waals surface area contributed by atoms with E-state index < -0.39 is 17.5 Å². The molecule has 1 aromatic heterocycles. The molecular formula is C8H5FN2O2. The van der Waals surface area contributed by atoms with Gasteiger partial charge in [-0.1, -0.05) is 0 Å². The molecule has 5 heteroatoms. The smallest absolute Gasteiger partial charge is 0.359 e. The van der Waals surface area contributed by atoms with Crippen molar-refractivity contribution in [2.75, 3.05) is 7.11 Å². The second-order valence-corrected chi connectivity index (χ2v) is 2.13. The maximum Gasteiger partial charge on any atom is 0.359 e. The van der Waals surface area contributed by atoms with Crippen LogP contribution in [0.3, 0.4) is 0 Å². The number of carbonyl (C=O) groups is 1. The minimum absolute atomic E-state index is 0.0464. The number of carbonyl (C=O) groups excluding carboxylic acids is 1. The molecule has 0 atom stereocenters. The van der Waals surface area contributed by atoms with Crippen molar-refractivity contribution in [3.63, 3.8) is 0 Å². The van der Waals surface area contributed by atoms with Crippen LogP contribution >= 0.6 is 0 Å². The van der Waals surface area contributed by atoms with Crippen molar-refractivity contribution in [1.82, 2.24) is 4.98 Å². The molecular weight excluding hydrogens is 175 g/mol. The first-order valence-corrected chi connectivity index (χ1v) is 3.30. The molecule has 0 spiro atoms. The summed E-state index contributed by atoms with van der Waals surface area (Å²) in [5, 5.41) is 0. The molecule has 0 amide bonds. The molecule has 0 saturated heterocycles. The Morgan fingerprint density at radius 3 is 2.92 bits per heavy atom. The molecule has 0 aromatic carbocycles. The van der Waals surface area contributed by atoms with Crippen LogP contribution in [0, 0.1) is 12.4 Å². The quantitative estimate of drug-likeness (QED) is 0.486. The summed E-state index contributed by atoms with van der Waals surface area (Å²) in [6.45, 7) is 6.57. The van der Waals surface area contributed by atoms with Crippen LogP contribution in [-0.4, -0.2) is 18.1 Å². The fraction of sp³-hybridized carbons (Fsp3) is 0.125. The van der Waals surface area contributed by atoms with Crippen molar-refractivity contribution in [3.05, 3.63) is 35.2 Å². The molecule has 1 heterocycles. The van der Waals surface area contributed by atoms with E-state index in [2.05, 4.69) is 14.6 Å². The summed E-state index contributed by atoms with van der Waals surface area (Å²) < 4.78 is 17.2. The molecule has 0 radical (unpaired) electrons. The average Bonchev–Trinajstić information content (AvgIpc) is 2.16. The monoisotopic (exact) mass is 180 g/mol. The predicted molar refractivity (Wildman–Crippen MR) is 41.8 cm³/mol. The Kier molecular flexibility index (Phi) is 2.55. The summed E-state index contributed by atoms with van der Waals surface area (Å²) >= 11 is 0. The average molecular weight is 180 g/mol. The highest BCUT2D eigenvalue weighted by Crippen LogP contribution is 2.14. The largest absolute Gasteiger partial charge is 0.464 e. The number of aromatic nitrogens is 1. The molecule has 0 saturated carbocycles. The van der Waals surface area contributed by atoms with Gasteiger partial charge in [-0.25, -0.2) is 14.0 Å². The second-order valence-electron chi connectivity index (χ2n) is 2.13. The Bertz CT molecular complexity index is 384. The fourth-order valence-corrected chi connectivity index (χ4v) is 0.736. The van der Waals surface area contributed by atoms with Gasteiger partial charge in [0, 0.05) is 6.20 Å². The zero-order valence-corrected chi connectivity index (χ0v) is 6.74. The van der Waals surface area contributed by atoms with E-state index in [-0.39, 0.29) is 5.69 Å². The number of hydrogen-bond acceptors (Lipinski definition) is 3. The van der Waals surface area contributed by atoms with Gasteiger partial charge in [-0.15, -0.1) is 0 Å². The van der Waals surface area contributed by atoms with Crippen LogP contribution in [0.1, 0.15) is 10.5 Å². The van der Waals surface area contributed by atoms with Crippen LogP contribution < -0.4 is 0 Å². The predicted octanol–water partition coefficient (Wildman–Crippen LogP) is 1.56. The zero-order valence-electron chi connectivity index (χ0n) is 6.74. The number of pyridine rings is 1. The third-order valence-electron chi connectivity index (χ3n) is 1.33. The van der Waals surface area contributed by atoms with Gasteiger partial charge in [0.25, 0.3) is 0 Å². The minimum Gasteiger partial charge on any atom is -0.464 e. The van der Waals surface area contributed by atoms with Crippen molar-refractivity contribution in [2.45, 2.75) is 0 Å². The first kappa shape index (κ1) is 9.13. The summed E-state index contributed by atoms with van der Waals surface area (Å²) in [4.78, 5) is 17.2. The van der Waals surface area contributed by atoms with Crippen molar-refractivity contribution in [2.24, 2.45) is 0 Å². The number of methoxy groups -OCH3 is 1. The highest BCUT2D eigenvalue weighted by Gasteiger charge is 2.13. The fourth-order valence-electron chi connectivity index (χ4n) is 0.736. The van der Waals surface area contributed by atoms with Crippen LogP contribution in [0.25, 0.3) is 4.85 Å². The van der Waals surface area contributed by atoms with Crippen molar-refractivity contribution >= 4 is 11.7 Å². The van der Waals surface area contributed by atoms with Crippen molar-refractivity contribution in [1.29, 1.82) is 0 Å². The Morgan fingerprint density at radius 2 is 2.46 bits per heavy atom. The van der Waals surface area contributed by atoms with Gasteiger partial charge in [-0.2, -0.15) is 0 Å². The molecule has 0 aliphatic heterocycles. The normalized spacial score (nSPS) is 9.00. The summed E-state index contributed by atoms with van der Waals surface area (Å²) in [6.07, 6.45) is 1.11. The van der Waals surface area contributed by atoms with Gasteiger partial charge in [-0.05, 0) is 6.07 Å². The molecule has 0 aliphatic rings. The standard InChI is InChI=1S/C8H5FN2O2/c1-10-5-3-6(9)7(11-4-5)8(12)13-2/h3-4H,2H3. The lowest BCUT2D eigenvalue weighted by Crippen LogP contribution is -2.06. The summed E-state index contributed by atoms with van der Waals surface area (Å²) in [5.74, 6) is -1.70.